The molecule has 2 rings (SSSR count). The van der Waals surface area contributed by atoms with E-state index in [0.29, 0.717) is 11.3 Å². The SMILES string of the molecule is COc1ccc(C)cc1S(=O)(=O)Nc1ccc(CC(N)=O)cc1. The third kappa shape index (κ3) is 4.23. The standard InChI is InChI=1S/C16H18N2O4S/c1-11-3-8-14(22-2)15(9-11)23(20,21)18-13-6-4-12(5-7-13)10-16(17)19/h3-9,18H,10H2,1-2H3,(H2,17,19). The first kappa shape index (κ1) is 16.8. The van der Waals surface area contributed by atoms with Gasteiger partial charge in [-0.05, 0) is 42.3 Å². The largest absolute Gasteiger partial charge is 0.495 e. The Morgan fingerprint density at radius 1 is 1.17 bits per heavy atom. The summed E-state index contributed by atoms with van der Waals surface area (Å²) in [5.74, 6) is -0.170. The number of hydrogen-bond donors (Lipinski definition) is 2. The van der Waals surface area contributed by atoms with E-state index in [9.17, 15) is 13.2 Å². The van der Waals surface area contributed by atoms with Gasteiger partial charge in [0.25, 0.3) is 10.0 Å². The van der Waals surface area contributed by atoms with Gasteiger partial charge in [-0.25, -0.2) is 8.42 Å². The molecule has 0 radical (unpaired) electrons. The number of nitrogens with two attached hydrogens (primary N) is 1. The average Bonchev–Trinajstić information content (AvgIpc) is 2.48. The zero-order valence-electron chi connectivity index (χ0n) is 12.9. The Kier molecular flexibility index (Phi) is 4.90. The van der Waals surface area contributed by atoms with Crippen LogP contribution in [0, 0.1) is 6.92 Å². The quantitative estimate of drug-likeness (QED) is 0.842. The van der Waals surface area contributed by atoms with Crippen LogP contribution in [0.1, 0.15) is 11.1 Å². The van der Waals surface area contributed by atoms with E-state index in [-0.39, 0.29) is 17.1 Å². The van der Waals surface area contributed by atoms with Crippen molar-refractivity contribution in [2.75, 3.05) is 11.8 Å². The first-order valence-electron chi connectivity index (χ1n) is 6.86. The molecule has 0 saturated carbocycles. The number of aryl methyl sites for hydroxylation is 1. The predicted octanol–water partition coefficient (Wildman–Crippen LogP) is 1.83. The van der Waals surface area contributed by atoms with Crippen LogP contribution >= 0.6 is 0 Å². The highest BCUT2D eigenvalue weighted by atomic mass is 32.2. The van der Waals surface area contributed by atoms with Crippen molar-refractivity contribution in [1.29, 1.82) is 0 Å². The Labute approximate surface area is 135 Å². The van der Waals surface area contributed by atoms with Gasteiger partial charge in [-0.15, -0.1) is 0 Å². The molecule has 0 aliphatic carbocycles. The molecule has 0 atom stereocenters. The minimum Gasteiger partial charge on any atom is -0.495 e. The minimum absolute atomic E-state index is 0.0706. The summed E-state index contributed by atoms with van der Waals surface area (Å²) in [7, 11) is -2.36. The zero-order valence-corrected chi connectivity index (χ0v) is 13.7. The Morgan fingerprint density at radius 3 is 2.39 bits per heavy atom. The van der Waals surface area contributed by atoms with E-state index in [2.05, 4.69) is 4.72 Å². The minimum atomic E-state index is -3.78. The maximum Gasteiger partial charge on any atom is 0.265 e. The van der Waals surface area contributed by atoms with Gasteiger partial charge in [0.2, 0.25) is 5.91 Å². The fourth-order valence-electron chi connectivity index (χ4n) is 2.10. The number of carbonyl (C=O) groups is 1. The normalized spacial score (nSPS) is 11.0. The number of ether oxygens (including phenoxy) is 1. The maximum absolute atomic E-state index is 12.5. The Hall–Kier alpha value is -2.54. The van der Waals surface area contributed by atoms with Gasteiger partial charge in [-0.1, -0.05) is 18.2 Å². The highest BCUT2D eigenvalue weighted by Crippen LogP contribution is 2.26. The average molecular weight is 334 g/mol. The molecule has 0 aliphatic heterocycles. The van der Waals surface area contributed by atoms with Gasteiger partial charge in [0.05, 0.1) is 13.5 Å². The molecule has 122 valence electrons. The highest BCUT2D eigenvalue weighted by molar-refractivity contribution is 7.92. The summed E-state index contributed by atoms with van der Waals surface area (Å²) in [5, 5.41) is 0. The highest BCUT2D eigenvalue weighted by Gasteiger charge is 2.19. The number of amides is 1. The van der Waals surface area contributed by atoms with Gasteiger partial charge in [-0.3, -0.25) is 9.52 Å². The molecule has 23 heavy (non-hydrogen) atoms. The van der Waals surface area contributed by atoms with Crippen molar-refractivity contribution in [2.45, 2.75) is 18.2 Å². The number of methoxy groups -OCH3 is 1. The number of primary amides is 1. The molecule has 0 fully saturated rings. The van der Waals surface area contributed by atoms with Crippen LogP contribution in [-0.4, -0.2) is 21.4 Å². The van der Waals surface area contributed by atoms with E-state index >= 15 is 0 Å². The molecule has 2 aromatic carbocycles. The first-order chi connectivity index (χ1) is 10.8. The summed E-state index contributed by atoms with van der Waals surface area (Å²) in [6.07, 6.45) is 0.110. The van der Waals surface area contributed by atoms with E-state index < -0.39 is 15.9 Å². The summed E-state index contributed by atoms with van der Waals surface area (Å²) >= 11 is 0. The van der Waals surface area contributed by atoms with E-state index in [1.807, 2.05) is 0 Å². The van der Waals surface area contributed by atoms with Crippen molar-refractivity contribution in [1.82, 2.24) is 0 Å². The van der Waals surface area contributed by atoms with Crippen LogP contribution in [-0.2, 0) is 21.2 Å². The second-order valence-electron chi connectivity index (χ2n) is 5.10. The topological polar surface area (TPSA) is 98.5 Å². The number of sulfonamides is 1. The molecule has 0 heterocycles. The smallest absolute Gasteiger partial charge is 0.265 e. The van der Waals surface area contributed by atoms with Crippen molar-refractivity contribution in [3.8, 4) is 5.75 Å². The summed E-state index contributed by atoms with van der Waals surface area (Å²) in [5.41, 5.74) is 7.04. The van der Waals surface area contributed by atoms with Crippen LogP contribution in [0.15, 0.2) is 47.4 Å². The van der Waals surface area contributed by atoms with Crippen LogP contribution in [0.2, 0.25) is 0 Å². The molecule has 3 N–H and O–H groups in total. The molecule has 6 nitrogen and oxygen atoms in total. The summed E-state index contributed by atoms with van der Waals surface area (Å²) in [6, 6.07) is 11.4. The third-order valence-corrected chi connectivity index (χ3v) is 4.60. The molecule has 0 unspecified atom stereocenters. The Balaban J connectivity index is 2.28. The lowest BCUT2D eigenvalue weighted by Gasteiger charge is -2.12. The van der Waals surface area contributed by atoms with Gasteiger partial charge in [0.15, 0.2) is 0 Å². The number of anilines is 1. The number of nitrogens with one attached hydrogen (secondary N) is 1. The van der Waals surface area contributed by atoms with Crippen LogP contribution < -0.4 is 15.2 Å². The van der Waals surface area contributed by atoms with Crippen molar-refractivity contribution >= 4 is 21.6 Å². The van der Waals surface area contributed by atoms with Crippen molar-refractivity contribution in [2.24, 2.45) is 5.73 Å². The molecule has 7 heteroatoms. The van der Waals surface area contributed by atoms with E-state index in [4.69, 9.17) is 10.5 Å². The number of hydrogen-bond acceptors (Lipinski definition) is 4. The fraction of sp³-hybridized carbons (Fsp3) is 0.188. The number of benzene rings is 2. The number of rotatable bonds is 6. The van der Waals surface area contributed by atoms with Crippen LogP contribution in [0.3, 0.4) is 0 Å². The van der Waals surface area contributed by atoms with Crippen molar-refractivity contribution in [3.05, 3.63) is 53.6 Å². The molecule has 1 amide bonds. The van der Waals surface area contributed by atoms with Gasteiger partial charge in [0.1, 0.15) is 10.6 Å². The zero-order chi connectivity index (χ0) is 17.0. The van der Waals surface area contributed by atoms with Gasteiger partial charge in [0, 0.05) is 5.69 Å². The van der Waals surface area contributed by atoms with E-state index in [0.717, 1.165) is 5.56 Å². The van der Waals surface area contributed by atoms with E-state index in [1.165, 1.54) is 7.11 Å². The lowest BCUT2D eigenvalue weighted by Crippen LogP contribution is -2.15. The Morgan fingerprint density at radius 2 is 1.83 bits per heavy atom. The summed E-state index contributed by atoms with van der Waals surface area (Å²) in [6.45, 7) is 1.80. The lowest BCUT2D eigenvalue weighted by molar-refractivity contribution is -0.117. The number of carbonyl (C=O) groups excluding carboxylic acids is 1. The van der Waals surface area contributed by atoms with Crippen LogP contribution in [0.5, 0.6) is 5.75 Å². The molecule has 0 bridgehead atoms. The van der Waals surface area contributed by atoms with Crippen LogP contribution in [0.25, 0.3) is 0 Å². The van der Waals surface area contributed by atoms with Gasteiger partial charge >= 0.3 is 0 Å². The van der Waals surface area contributed by atoms with Crippen molar-refractivity contribution < 1.29 is 17.9 Å². The molecule has 0 aliphatic rings. The molecule has 0 spiro atoms. The molecule has 0 aromatic heterocycles. The molecular formula is C16H18N2O4S. The third-order valence-electron chi connectivity index (χ3n) is 3.19. The summed E-state index contributed by atoms with van der Waals surface area (Å²) < 4.78 is 32.7. The molecule has 0 saturated heterocycles. The second kappa shape index (κ2) is 6.70. The van der Waals surface area contributed by atoms with Crippen molar-refractivity contribution in [3.63, 3.8) is 0 Å². The maximum atomic E-state index is 12.5. The van der Waals surface area contributed by atoms with Gasteiger partial charge in [-0.2, -0.15) is 0 Å². The molecular weight excluding hydrogens is 316 g/mol. The Bertz CT molecular complexity index is 814. The predicted molar refractivity (Wildman–Crippen MR) is 87.9 cm³/mol. The fourth-order valence-corrected chi connectivity index (χ4v) is 3.41. The van der Waals surface area contributed by atoms with E-state index in [1.54, 1.807) is 49.4 Å². The molecule has 2 aromatic rings. The monoisotopic (exact) mass is 334 g/mol. The van der Waals surface area contributed by atoms with Gasteiger partial charge < -0.3 is 10.5 Å². The lowest BCUT2D eigenvalue weighted by atomic mass is 10.1. The summed E-state index contributed by atoms with van der Waals surface area (Å²) in [4.78, 5) is 10.9. The first-order valence-corrected chi connectivity index (χ1v) is 8.35. The van der Waals surface area contributed by atoms with Crippen LogP contribution in [0.4, 0.5) is 5.69 Å². The second-order valence-corrected chi connectivity index (χ2v) is 6.75.